The van der Waals surface area contributed by atoms with Gasteiger partial charge in [0.05, 0.1) is 0 Å². The molecule has 1 N–H and O–H groups in total. The van der Waals surface area contributed by atoms with Gasteiger partial charge < -0.3 is 4.74 Å². The third-order valence-electron chi connectivity index (χ3n) is 3.27. The predicted molar refractivity (Wildman–Crippen MR) is 97.2 cm³/mol. The minimum absolute atomic E-state index is 0.434. The zero-order valence-electron chi connectivity index (χ0n) is 14.4. The molecule has 2 aromatic carbocycles. The number of hydrazine groups is 1. The predicted octanol–water partition coefficient (Wildman–Crippen LogP) is 3.55. The molecule has 0 saturated heterocycles. The number of aliphatic imine (C=N–C) groups is 1. The number of rotatable bonds is 2. The Balaban J connectivity index is 1.97. The second-order valence-corrected chi connectivity index (χ2v) is 6.52. The molecule has 1 aliphatic rings. The first kappa shape index (κ1) is 16.7. The largest absolute Gasteiger partial charge is 0.451 e. The van der Waals surface area contributed by atoms with E-state index in [1.807, 2.05) is 81.4 Å². The Morgan fingerprint density at radius 3 is 2.08 bits per heavy atom. The van der Waals surface area contributed by atoms with Crippen molar-refractivity contribution in [3.63, 3.8) is 0 Å². The summed E-state index contributed by atoms with van der Waals surface area (Å²) >= 11 is 0. The molecule has 0 atom stereocenters. The molecule has 1 heterocycles. The molecule has 25 heavy (non-hydrogen) atoms. The van der Waals surface area contributed by atoms with Crippen LogP contribution in [-0.2, 0) is 4.74 Å². The van der Waals surface area contributed by atoms with Gasteiger partial charge in [0.15, 0.2) is 11.7 Å². The lowest BCUT2D eigenvalue weighted by molar-refractivity contribution is 0.0195. The molecule has 0 unspecified atom stereocenters. The van der Waals surface area contributed by atoms with Crippen molar-refractivity contribution < 1.29 is 9.53 Å². The molecule has 0 radical (unpaired) electrons. The Hall–Kier alpha value is -3.15. The van der Waals surface area contributed by atoms with Gasteiger partial charge in [0.25, 0.3) is 0 Å². The van der Waals surface area contributed by atoms with E-state index in [-0.39, 0.29) is 0 Å². The highest BCUT2D eigenvalue weighted by molar-refractivity contribution is 6.13. The van der Waals surface area contributed by atoms with E-state index in [4.69, 9.17) is 4.74 Å². The molecule has 6 heteroatoms. The van der Waals surface area contributed by atoms with Crippen LogP contribution >= 0.6 is 0 Å². The maximum absolute atomic E-state index is 12.4. The minimum atomic E-state index is -0.622. The van der Waals surface area contributed by atoms with Crippen LogP contribution in [0.15, 0.2) is 70.8 Å². The van der Waals surface area contributed by atoms with Crippen molar-refractivity contribution in [2.45, 2.75) is 26.4 Å². The molecule has 1 aliphatic heterocycles. The molecule has 0 bridgehead atoms. The van der Waals surface area contributed by atoms with Gasteiger partial charge in [-0.15, -0.1) is 5.10 Å². The van der Waals surface area contributed by atoms with Gasteiger partial charge in [-0.25, -0.2) is 9.79 Å². The lowest BCUT2D eigenvalue weighted by Gasteiger charge is -2.27. The standard InChI is InChI=1S/C19H20N4O2/c1-19(2,3)25-18(24)23-21-16(14-10-6-4-7-11-14)20-17(22-23)15-12-8-5-9-13-15/h4-13H,1-3H3,(H,20,21,22). The summed E-state index contributed by atoms with van der Waals surface area (Å²) in [5.41, 5.74) is 3.95. The molecule has 0 saturated carbocycles. The Morgan fingerprint density at radius 2 is 1.52 bits per heavy atom. The van der Waals surface area contributed by atoms with E-state index >= 15 is 0 Å². The molecule has 0 aliphatic carbocycles. The van der Waals surface area contributed by atoms with Gasteiger partial charge in [-0.2, -0.15) is 0 Å². The van der Waals surface area contributed by atoms with Crippen molar-refractivity contribution in [3.8, 4) is 0 Å². The van der Waals surface area contributed by atoms with Crippen LogP contribution < -0.4 is 5.43 Å². The smallest absolute Gasteiger partial charge is 0.441 e. The van der Waals surface area contributed by atoms with Crippen LogP contribution in [0.25, 0.3) is 0 Å². The van der Waals surface area contributed by atoms with Crippen LogP contribution in [0.1, 0.15) is 31.9 Å². The monoisotopic (exact) mass is 336 g/mol. The first-order valence-corrected chi connectivity index (χ1v) is 8.00. The van der Waals surface area contributed by atoms with Gasteiger partial charge in [-0.3, -0.25) is 5.43 Å². The third-order valence-corrected chi connectivity index (χ3v) is 3.27. The van der Waals surface area contributed by atoms with Crippen molar-refractivity contribution in [3.05, 3.63) is 71.8 Å². The van der Waals surface area contributed by atoms with Crippen LogP contribution in [0.5, 0.6) is 0 Å². The van der Waals surface area contributed by atoms with Crippen LogP contribution in [0, 0.1) is 0 Å². The van der Waals surface area contributed by atoms with Crippen LogP contribution in [0.4, 0.5) is 4.79 Å². The normalized spacial score (nSPS) is 14.3. The molecule has 1 amide bonds. The number of nitrogens with zero attached hydrogens (tertiary/aromatic N) is 3. The summed E-state index contributed by atoms with van der Waals surface area (Å²) in [4.78, 5) is 17.0. The lowest BCUT2D eigenvalue weighted by Crippen LogP contribution is -2.48. The van der Waals surface area contributed by atoms with Gasteiger partial charge in [0.2, 0.25) is 0 Å². The number of ether oxygens (including phenoxy) is 1. The summed E-state index contributed by atoms with van der Waals surface area (Å²) in [6, 6.07) is 19.1. The Morgan fingerprint density at radius 1 is 0.960 bits per heavy atom. The Labute approximate surface area is 146 Å². The molecular weight excluding hydrogens is 316 g/mol. The van der Waals surface area contributed by atoms with Gasteiger partial charge in [0, 0.05) is 11.1 Å². The van der Waals surface area contributed by atoms with E-state index in [1.165, 1.54) is 0 Å². The van der Waals surface area contributed by atoms with E-state index in [2.05, 4.69) is 15.5 Å². The summed E-state index contributed by atoms with van der Waals surface area (Å²) in [5.74, 6) is 0.962. The van der Waals surface area contributed by atoms with E-state index in [1.54, 1.807) is 0 Å². The first-order chi connectivity index (χ1) is 11.9. The maximum Gasteiger partial charge on any atom is 0.451 e. The molecule has 2 aromatic rings. The molecule has 0 fully saturated rings. The van der Waals surface area contributed by atoms with Crippen LogP contribution in [0.2, 0.25) is 0 Å². The molecule has 3 rings (SSSR count). The quantitative estimate of drug-likeness (QED) is 0.912. The number of amidine groups is 2. The number of nitrogens with one attached hydrogen (secondary N) is 1. The molecule has 0 spiro atoms. The molecule has 128 valence electrons. The van der Waals surface area contributed by atoms with E-state index in [9.17, 15) is 4.79 Å². The van der Waals surface area contributed by atoms with Gasteiger partial charge in [-0.1, -0.05) is 65.8 Å². The number of carbonyl (C=O) groups excluding carboxylic acids is 1. The Kier molecular flexibility index (Phi) is 4.52. The fourth-order valence-electron chi connectivity index (χ4n) is 2.20. The second kappa shape index (κ2) is 6.76. The van der Waals surface area contributed by atoms with E-state index in [0.29, 0.717) is 11.7 Å². The van der Waals surface area contributed by atoms with Crippen molar-refractivity contribution >= 4 is 17.8 Å². The Bertz CT molecular complexity index is 808. The third kappa shape index (κ3) is 4.23. The molecule has 6 nitrogen and oxygen atoms in total. The fraction of sp³-hybridized carbons (Fsp3) is 0.211. The van der Waals surface area contributed by atoms with Crippen LogP contribution in [0.3, 0.4) is 0 Å². The second-order valence-electron chi connectivity index (χ2n) is 6.52. The number of benzene rings is 2. The van der Waals surface area contributed by atoms with Crippen molar-refractivity contribution in [2.75, 3.05) is 0 Å². The lowest BCUT2D eigenvalue weighted by atomic mass is 10.2. The zero-order chi connectivity index (χ0) is 17.9. The molecule has 0 aromatic heterocycles. The summed E-state index contributed by atoms with van der Waals surface area (Å²) in [6.45, 7) is 5.43. The van der Waals surface area contributed by atoms with Crippen molar-refractivity contribution in [1.29, 1.82) is 0 Å². The highest BCUT2D eigenvalue weighted by Crippen LogP contribution is 2.14. The number of hydrogen-bond donors (Lipinski definition) is 1. The summed E-state index contributed by atoms with van der Waals surface area (Å²) in [5, 5.41) is 5.37. The van der Waals surface area contributed by atoms with Gasteiger partial charge in [-0.05, 0) is 20.8 Å². The number of carbonyl (C=O) groups is 1. The topological polar surface area (TPSA) is 66.3 Å². The minimum Gasteiger partial charge on any atom is -0.441 e. The summed E-state index contributed by atoms with van der Waals surface area (Å²) in [7, 11) is 0. The number of amides is 1. The SMILES string of the molecule is CC(C)(C)OC(=O)N1N=C(c2ccccc2)N=C(c2ccccc2)N1. The van der Waals surface area contributed by atoms with E-state index < -0.39 is 11.7 Å². The van der Waals surface area contributed by atoms with Gasteiger partial charge in [0.1, 0.15) is 5.60 Å². The van der Waals surface area contributed by atoms with Crippen LogP contribution in [-0.4, -0.2) is 28.5 Å². The highest BCUT2D eigenvalue weighted by Gasteiger charge is 2.27. The highest BCUT2D eigenvalue weighted by atomic mass is 16.6. The summed E-state index contributed by atoms with van der Waals surface area (Å²) < 4.78 is 5.41. The average Bonchev–Trinajstić information content (AvgIpc) is 2.61. The average molecular weight is 336 g/mol. The fourth-order valence-corrected chi connectivity index (χ4v) is 2.20. The molecular formula is C19H20N4O2. The van der Waals surface area contributed by atoms with Gasteiger partial charge >= 0.3 is 6.09 Å². The number of hydrogen-bond acceptors (Lipinski definition) is 5. The summed E-state index contributed by atoms with van der Waals surface area (Å²) in [6.07, 6.45) is -0.593. The first-order valence-electron chi connectivity index (χ1n) is 8.00. The zero-order valence-corrected chi connectivity index (χ0v) is 14.4. The van der Waals surface area contributed by atoms with Crippen molar-refractivity contribution in [1.82, 2.24) is 10.5 Å². The number of hydrazone groups is 1. The maximum atomic E-state index is 12.4. The van der Waals surface area contributed by atoms with E-state index in [0.717, 1.165) is 16.2 Å². The van der Waals surface area contributed by atoms with Crippen molar-refractivity contribution in [2.24, 2.45) is 10.1 Å².